The molecule has 3 nitrogen and oxygen atoms in total. The Morgan fingerprint density at radius 1 is 1.38 bits per heavy atom. The Kier molecular flexibility index (Phi) is 2.92. The second-order valence-electron chi connectivity index (χ2n) is 2.21. The quantitative estimate of drug-likeness (QED) is 0.553. The van der Waals surface area contributed by atoms with Crippen molar-refractivity contribution >= 4 is 5.97 Å². The molecule has 0 atom stereocenters. The molecule has 1 rings (SSSR count). The van der Waals surface area contributed by atoms with Gasteiger partial charge in [-0.1, -0.05) is 0 Å². The first-order valence-electron chi connectivity index (χ1n) is 3.40. The lowest BCUT2D eigenvalue weighted by Crippen LogP contribution is -2.12. The van der Waals surface area contributed by atoms with Gasteiger partial charge in [0.25, 0.3) is 0 Å². The molecule has 1 aromatic carbocycles. The fraction of sp³-hybridized carbons (Fsp3) is 0.125. The van der Waals surface area contributed by atoms with Gasteiger partial charge in [-0.3, -0.25) is 0 Å². The van der Waals surface area contributed by atoms with Crippen LogP contribution < -0.4 is 4.74 Å². The molecule has 0 aliphatic heterocycles. The second kappa shape index (κ2) is 3.95. The van der Waals surface area contributed by atoms with Crippen LogP contribution in [0.4, 0.5) is 8.78 Å². The number of aliphatic hydroxyl groups is 1. The van der Waals surface area contributed by atoms with Crippen molar-refractivity contribution in [3.8, 4) is 5.75 Å². The number of halogens is 2. The van der Waals surface area contributed by atoms with Gasteiger partial charge in [0.15, 0.2) is 11.6 Å². The Balaban J connectivity index is 2.79. The molecule has 0 unspecified atom stereocenters. The highest BCUT2D eigenvalue weighted by Gasteiger charge is 2.06. The van der Waals surface area contributed by atoms with Crippen LogP contribution in [-0.2, 0) is 4.79 Å². The summed E-state index contributed by atoms with van der Waals surface area (Å²) < 4.78 is 29.3. The van der Waals surface area contributed by atoms with Crippen LogP contribution >= 0.6 is 0 Å². The Bertz CT molecular complexity index is 325. The molecule has 0 bridgehead atoms. The van der Waals surface area contributed by atoms with Gasteiger partial charge in [-0.05, 0) is 12.1 Å². The van der Waals surface area contributed by atoms with Gasteiger partial charge in [0.1, 0.15) is 12.4 Å². The molecule has 0 aromatic heterocycles. The Morgan fingerprint density at radius 3 is 2.62 bits per heavy atom. The SMILES string of the molecule is O=C(CO)Oc1ccc(F)c(F)c1. The molecule has 0 aliphatic carbocycles. The molecule has 0 spiro atoms. The predicted molar refractivity (Wildman–Crippen MR) is 39.1 cm³/mol. The summed E-state index contributed by atoms with van der Waals surface area (Å²) in [6.45, 7) is -0.807. The van der Waals surface area contributed by atoms with Crippen LogP contribution in [0.15, 0.2) is 18.2 Å². The average molecular weight is 188 g/mol. The molecule has 5 heteroatoms. The third-order valence-corrected chi connectivity index (χ3v) is 1.25. The number of ether oxygens (including phenoxy) is 1. The van der Waals surface area contributed by atoms with Crippen molar-refractivity contribution in [2.24, 2.45) is 0 Å². The standard InChI is InChI=1S/C8H6F2O3/c9-6-2-1-5(3-7(6)10)13-8(12)4-11/h1-3,11H,4H2. The Morgan fingerprint density at radius 2 is 2.08 bits per heavy atom. The predicted octanol–water partition coefficient (Wildman–Crippen LogP) is 0.863. The minimum Gasteiger partial charge on any atom is -0.425 e. The van der Waals surface area contributed by atoms with E-state index in [1.165, 1.54) is 0 Å². The maximum absolute atomic E-state index is 12.5. The highest BCUT2D eigenvalue weighted by atomic mass is 19.2. The van der Waals surface area contributed by atoms with Crippen LogP contribution in [-0.4, -0.2) is 17.7 Å². The number of carbonyl (C=O) groups excluding carboxylic acids is 1. The maximum atomic E-state index is 12.5. The number of carbonyl (C=O) groups is 1. The van der Waals surface area contributed by atoms with Gasteiger partial charge in [-0.25, -0.2) is 13.6 Å². The third kappa shape index (κ3) is 2.48. The summed E-state index contributed by atoms with van der Waals surface area (Å²) in [5.74, 6) is -3.20. The molecule has 0 heterocycles. The summed E-state index contributed by atoms with van der Waals surface area (Å²) >= 11 is 0. The number of benzene rings is 1. The summed E-state index contributed by atoms with van der Waals surface area (Å²) in [4.78, 5) is 10.5. The summed E-state index contributed by atoms with van der Waals surface area (Å²) in [7, 11) is 0. The molecule has 13 heavy (non-hydrogen) atoms. The van der Waals surface area contributed by atoms with E-state index in [0.717, 1.165) is 18.2 Å². The van der Waals surface area contributed by atoms with E-state index in [4.69, 9.17) is 5.11 Å². The van der Waals surface area contributed by atoms with E-state index in [2.05, 4.69) is 4.74 Å². The lowest BCUT2D eigenvalue weighted by atomic mass is 10.3. The minimum absolute atomic E-state index is 0.141. The largest absolute Gasteiger partial charge is 0.425 e. The molecule has 1 aromatic rings. The lowest BCUT2D eigenvalue weighted by molar-refractivity contribution is -0.137. The fourth-order valence-corrected chi connectivity index (χ4v) is 0.704. The highest BCUT2D eigenvalue weighted by molar-refractivity contribution is 5.73. The summed E-state index contributed by atoms with van der Waals surface area (Å²) in [6.07, 6.45) is 0. The summed E-state index contributed by atoms with van der Waals surface area (Å²) in [5.41, 5.74) is 0. The van der Waals surface area contributed by atoms with Crippen LogP contribution in [0, 0.1) is 11.6 Å². The monoisotopic (exact) mass is 188 g/mol. The van der Waals surface area contributed by atoms with E-state index in [-0.39, 0.29) is 5.75 Å². The zero-order chi connectivity index (χ0) is 9.84. The number of hydrogen-bond acceptors (Lipinski definition) is 3. The van der Waals surface area contributed by atoms with Gasteiger partial charge in [0.2, 0.25) is 0 Å². The number of aliphatic hydroxyl groups excluding tert-OH is 1. The van der Waals surface area contributed by atoms with Crippen molar-refractivity contribution in [2.75, 3.05) is 6.61 Å². The third-order valence-electron chi connectivity index (χ3n) is 1.25. The molecule has 0 saturated heterocycles. The molecule has 0 radical (unpaired) electrons. The van der Waals surface area contributed by atoms with Crippen molar-refractivity contribution in [2.45, 2.75) is 0 Å². The highest BCUT2D eigenvalue weighted by Crippen LogP contribution is 2.15. The zero-order valence-electron chi connectivity index (χ0n) is 6.46. The normalized spacial score (nSPS) is 9.77. The summed E-state index contributed by atoms with van der Waals surface area (Å²) in [5, 5.41) is 8.28. The van der Waals surface area contributed by atoms with Crippen LogP contribution in [0.25, 0.3) is 0 Å². The van der Waals surface area contributed by atoms with E-state index in [0.29, 0.717) is 0 Å². The molecular weight excluding hydrogens is 182 g/mol. The van der Waals surface area contributed by atoms with Crippen LogP contribution in [0.2, 0.25) is 0 Å². The van der Waals surface area contributed by atoms with E-state index < -0.39 is 24.2 Å². The van der Waals surface area contributed by atoms with Gasteiger partial charge in [0, 0.05) is 6.07 Å². The smallest absolute Gasteiger partial charge is 0.337 e. The topological polar surface area (TPSA) is 46.5 Å². The first-order chi connectivity index (χ1) is 6.13. The Hall–Kier alpha value is -1.49. The molecule has 0 aliphatic rings. The Labute approximate surface area is 72.6 Å². The van der Waals surface area contributed by atoms with Crippen molar-refractivity contribution < 1.29 is 23.4 Å². The van der Waals surface area contributed by atoms with Gasteiger partial charge in [0.05, 0.1) is 0 Å². The number of esters is 1. The number of rotatable bonds is 2. The van der Waals surface area contributed by atoms with Gasteiger partial charge in [-0.15, -0.1) is 0 Å². The molecule has 0 amide bonds. The van der Waals surface area contributed by atoms with E-state index in [1.807, 2.05) is 0 Å². The van der Waals surface area contributed by atoms with Gasteiger partial charge >= 0.3 is 5.97 Å². The molecule has 1 N–H and O–H groups in total. The molecule has 70 valence electrons. The summed E-state index contributed by atoms with van der Waals surface area (Å²) in [6, 6.07) is 2.64. The molecule has 0 saturated carbocycles. The van der Waals surface area contributed by atoms with Gasteiger partial charge < -0.3 is 9.84 Å². The van der Waals surface area contributed by atoms with Crippen molar-refractivity contribution in [3.63, 3.8) is 0 Å². The van der Waals surface area contributed by atoms with Crippen LogP contribution in [0.1, 0.15) is 0 Å². The first kappa shape index (κ1) is 9.60. The fourth-order valence-electron chi connectivity index (χ4n) is 0.704. The van der Waals surface area contributed by atoms with E-state index in [9.17, 15) is 13.6 Å². The first-order valence-corrected chi connectivity index (χ1v) is 3.40. The minimum atomic E-state index is -1.11. The maximum Gasteiger partial charge on any atom is 0.337 e. The second-order valence-corrected chi connectivity index (χ2v) is 2.21. The van der Waals surface area contributed by atoms with Crippen molar-refractivity contribution in [3.05, 3.63) is 29.8 Å². The van der Waals surface area contributed by atoms with Crippen LogP contribution in [0.3, 0.4) is 0 Å². The van der Waals surface area contributed by atoms with Crippen molar-refractivity contribution in [1.29, 1.82) is 0 Å². The lowest BCUT2D eigenvalue weighted by Gasteiger charge is -2.01. The van der Waals surface area contributed by atoms with E-state index >= 15 is 0 Å². The van der Waals surface area contributed by atoms with E-state index in [1.54, 1.807) is 0 Å². The average Bonchev–Trinajstić information content (AvgIpc) is 2.11. The van der Waals surface area contributed by atoms with Gasteiger partial charge in [-0.2, -0.15) is 0 Å². The van der Waals surface area contributed by atoms with Crippen LogP contribution in [0.5, 0.6) is 5.75 Å². The zero-order valence-corrected chi connectivity index (χ0v) is 6.46. The molecular formula is C8H6F2O3. The number of hydrogen-bond donors (Lipinski definition) is 1. The van der Waals surface area contributed by atoms with Crippen molar-refractivity contribution in [1.82, 2.24) is 0 Å². The molecule has 0 fully saturated rings.